The van der Waals surface area contributed by atoms with Gasteiger partial charge in [-0.2, -0.15) is 5.10 Å². The molecule has 0 fully saturated rings. The van der Waals surface area contributed by atoms with Gasteiger partial charge in [-0.1, -0.05) is 0 Å². The number of hydrogen-bond acceptors (Lipinski definition) is 6. The first-order valence-corrected chi connectivity index (χ1v) is 7.30. The second-order valence-electron chi connectivity index (χ2n) is 4.28. The summed E-state index contributed by atoms with van der Waals surface area (Å²) < 4.78 is 28.1. The molecule has 0 saturated heterocycles. The third-order valence-corrected chi connectivity index (χ3v) is 4.18. The molecule has 0 aliphatic heterocycles. The largest absolute Gasteiger partial charge is 0.397 e. The van der Waals surface area contributed by atoms with Gasteiger partial charge in [0, 0.05) is 25.4 Å². The van der Waals surface area contributed by atoms with Crippen LogP contribution in [-0.4, -0.2) is 23.1 Å². The first kappa shape index (κ1) is 14.9. The number of sulfonamides is 1. The van der Waals surface area contributed by atoms with E-state index in [1.165, 1.54) is 0 Å². The first-order chi connectivity index (χ1) is 9.79. The van der Waals surface area contributed by atoms with Gasteiger partial charge in [0.2, 0.25) is 10.0 Å². The molecule has 10 heteroatoms. The fraction of sp³-hybridized carbons (Fsp3) is 0.182. The quantitative estimate of drug-likeness (QED) is 0.466. The van der Waals surface area contributed by atoms with Crippen molar-refractivity contribution < 1.29 is 13.3 Å². The number of benzene rings is 1. The van der Waals surface area contributed by atoms with Gasteiger partial charge in [-0.15, -0.1) is 0 Å². The highest BCUT2D eigenvalue weighted by Gasteiger charge is 2.20. The molecule has 0 radical (unpaired) electrons. The Bertz CT molecular complexity index is 784. The Labute approximate surface area is 120 Å². The lowest BCUT2D eigenvalue weighted by Gasteiger charge is -2.08. The number of nitro benzene ring substituents is 1. The van der Waals surface area contributed by atoms with Crippen molar-refractivity contribution in [2.45, 2.75) is 11.4 Å². The van der Waals surface area contributed by atoms with Crippen LogP contribution in [0.4, 0.5) is 11.4 Å². The van der Waals surface area contributed by atoms with Gasteiger partial charge < -0.3 is 5.73 Å². The molecule has 0 aliphatic carbocycles. The van der Waals surface area contributed by atoms with Crippen molar-refractivity contribution in [3.63, 3.8) is 0 Å². The predicted molar refractivity (Wildman–Crippen MR) is 74.7 cm³/mol. The summed E-state index contributed by atoms with van der Waals surface area (Å²) in [5.74, 6) is 0. The van der Waals surface area contributed by atoms with Crippen molar-refractivity contribution in [1.82, 2.24) is 14.5 Å². The summed E-state index contributed by atoms with van der Waals surface area (Å²) in [6.45, 7) is -0.000396. The summed E-state index contributed by atoms with van der Waals surface area (Å²) in [5.41, 5.74) is 5.67. The number of anilines is 1. The van der Waals surface area contributed by atoms with E-state index in [-0.39, 0.29) is 22.8 Å². The zero-order valence-corrected chi connectivity index (χ0v) is 11.9. The number of aryl methyl sites for hydroxylation is 1. The summed E-state index contributed by atoms with van der Waals surface area (Å²) in [6, 6.07) is 4.87. The Kier molecular flexibility index (Phi) is 3.91. The zero-order valence-electron chi connectivity index (χ0n) is 11.1. The summed E-state index contributed by atoms with van der Waals surface area (Å²) in [4.78, 5) is 9.75. The topological polar surface area (TPSA) is 133 Å². The van der Waals surface area contributed by atoms with E-state index in [1.807, 2.05) is 0 Å². The maximum Gasteiger partial charge on any atom is 0.271 e. The molecule has 2 rings (SSSR count). The number of nitro groups is 1. The Morgan fingerprint density at radius 1 is 1.43 bits per heavy atom. The Balaban J connectivity index is 2.21. The third kappa shape index (κ3) is 3.35. The molecule has 1 aromatic carbocycles. The molecule has 0 unspecified atom stereocenters. The minimum atomic E-state index is -3.87. The molecule has 21 heavy (non-hydrogen) atoms. The van der Waals surface area contributed by atoms with Gasteiger partial charge in [0.1, 0.15) is 4.90 Å². The van der Waals surface area contributed by atoms with Crippen LogP contribution in [0.1, 0.15) is 5.69 Å². The Morgan fingerprint density at radius 3 is 2.67 bits per heavy atom. The molecule has 9 nitrogen and oxygen atoms in total. The number of nitrogens with one attached hydrogen (secondary N) is 1. The second kappa shape index (κ2) is 5.50. The number of nitrogens with two attached hydrogens (primary N) is 1. The van der Waals surface area contributed by atoms with Crippen molar-refractivity contribution in [3.8, 4) is 0 Å². The van der Waals surface area contributed by atoms with Crippen LogP contribution in [0.5, 0.6) is 0 Å². The number of rotatable bonds is 5. The zero-order chi connectivity index (χ0) is 15.6. The van der Waals surface area contributed by atoms with Gasteiger partial charge in [-0.3, -0.25) is 14.8 Å². The van der Waals surface area contributed by atoms with Gasteiger partial charge in [0.25, 0.3) is 5.69 Å². The van der Waals surface area contributed by atoms with Gasteiger partial charge in [0.05, 0.1) is 22.8 Å². The lowest BCUT2D eigenvalue weighted by molar-refractivity contribution is -0.384. The fourth-order valence-electron chi connectivity index (χ4n) is 1.70. The van der Waals surface area contributed by atoms with Crippen molar-refractivity contribution in [3.05, 3.63) is 46.3 Å². The third-order valence-electron chi connectivity index (χ3n) is 2.71. The molecule has 0 bridgehead atoms. The molecule has 1 heterocycles. The lowest BCUT2D eigenvalue weighted by atomic mass is 10.3. The molecule has 0 atom stereocenters. The van der Waals surface area contributed by atoms with Gasteiger partial charge >= 0.3 is 0 Å². The molecular formula is C11H13N5O4S. The summed E-state index contributed by atoms with van der Waals surface area (Å²) in [5, 5.41) is 14.6. The van der Waals surface area contributed by atoms with Crippen LogP contribution >= 0.6 is 0 Å². The molecule has 3 N–H and O–H groups in total. The predicted octanol–water partition coefficient (Wildman–Crippen LogP) is 0.389. The number of aromatic nitrogens is 2. The Morgan fingerprint density at radius 2 is 2.14 bits per heavy atom. The van der Waals surface area contributed by atoms with E-state index in [0.717, 1.165) is 18.2 Å². The van der Waals surface area contributed by atoms with E-state index in [9.17, 15) is 18.5 Å². The number of nitrogen functional groups attached to an aromatic ring is 1. The number of nitrogens with zero attached hydrogens (tertiary/aromatic N) is 3. The highest BCUT2D eigenvalue weighted by atomic mass is 32.2. The lowest BCUT2D eigenvalue weighted by Crippen LogP contribution is -2.24. The van der Waals surface area contributed by atoms with Crippen LogP contribution in [-0.2, 0) is 23.6 Å². The van der Waals surface area contributed by atoms with Gasteiger partial charge in [-0.25, -0.2) is 13.1 Å². The fourth-order valence-corrected chi connectivity index (χ4v) is 2.81. The van der Waals surface area contributed by atoms with E-state index in [2.05, 4.69) is 9.82 Å². The second-order valence-corrected chi connectivity index (χ2v) is 6.02. The monoisotopic (exact) mass is 311 g/mol. The molecule has 0 saturated carbocycles. The van der Waals surface area contributed by atoms with E-state index < -0.39 is 14.9 Å². The molecule has 0 amide bonds. The van der Waals surface area contributed by atoms with Crippen molar-refractivity contribution in [2.24, 2.45) is 7.05 Å². The molecule has 0 aliphatic rings. The molecule has 1 aromatic heterocycles. The van der Waals surface area contributed by atoms with Crippen LogP contribution in [0.2, 0.25) is 0 Å². The average Bonchev–Trinajstić information content (AvgIpc) is 2.82. The van der Waals surface area contributed by atoms with Crippen molar-refractivity contribution in [2.75, 3.05) is 5.73 Å². The van der Waals surface area contributed by atoms with Crippen LogP contribution in [0, 0.1) is 10.1 Å². The van der Waals surface area contributed by atoms with E-state index in [1.54, 1.807) is 24.0 Å². The van der Waals surface area contributed by atoms with E-state index >= 15 is 0 Å². The van der Waals surface area contributed by atoms with Gasteiger partial charge in [0.15, 0.2) is 0 Å². The van der Waals surface area contributed by atoms with Crippen LogP contribution in [0.25, 0.3) is 0 Å². The smallest absolute Gasteiger partial charge is 0.271 e. The molecule has 2 aromatic rings. The highest BCUT2D eigenvalue weighted by Crippen LogP contribution is 2.23. The first-order valence-electron chi connectivity index (χ1n) is 5.82. The number of non-ortho nitro benzene ring substituents is 1. The average molecular weight is 311 g/mol. The SMILES string of the molecule is Cn1ccc(CNS(=O)(=O)c2ccc([N+](=O)[O-])cc2N)n1. The summed E-state index contributed by atoms with van der Waals surface area (Å²) >= 11 is 0. The van der Waals surface area contributed by atoms with Crippen molar-refractivity contribution in [1.29, 1.82) is 0 Å². The Hall–Kier alpha value is -2.46. The molecular weight excluding hydrogens is 298 g/mol. The van der Waals surface area contributed by atoms with Crippen LogP contribution in [0.15, 0.2) is 35.4 Å². The summed E-state index contributed by atoms with van der Waals surface area (Å²) in [6.07, 6.45) is 1.68. The molecule has 0 spiro atoms. The van der Waals surface area contributed by atoms with Crippen molar-refractivity contribution >= 4 is 21.4 Å². The van der Waals surface area contributed by atoms with Gasteiger partial charge in [-0.05, 0) is 12.1 Å². The summed E-state index contributed by atoms with van der Waals surface area (Å²) in [7, 11) is -2.15. The van der Waals surface area contributed by atoms with E-state index in [4.69, 9.17) is 5.73 Å². The normalized spacial score (nSPS) is 11.5. The van der Waals surface area contributed by atoms with E-state index in [0.29, 0.717) is 5.69 Å². The minimum Gasteiger partial charge on any atom is -0.397 e. The standard InChI is InChI=1S/C11H13N5O4S/c1-15-5-4-8(14-15)7-13-21(19,20)11-3-2-9(16(17)18)6-10(11)12/h2-6,13H,7,12H2,1H3. The van der Waals surface area contributed by atoms with Crippen LogP contribution in [0.3, 0.4) is 0 Å². The maximum absolute atomic E-state index is 12.1. The highest BCUT2D eigenvalue weighted by molar-refractivity contribution is 7.89. The minimum absolute atomic E-state index is 0.000396. The van der Waals surface area contributed by atoms with Crippen LogP contribution < -0.4 is 10.5 Å². The maximum atomic E-state index is 12.1. The molecule has 112 valence electrons. The number of hydrogen-bond donors (Lipinski definition) is 2.